The van der Waals surface area contributed by atoms with Gasteiger partial charge in [-0.2, -0.15) is 0 Å². The Morgan fingerprint density at radius 1 is 1.44 bits per heavy atom. The fourth-order valence-electron chi connectivity index (χ4n) is 1.48. The quantitative estimate of drug-likeness (QED) is 0.686. The standard InChI is InChI=1S/C10H17ClN2O3/c1-16-5-4-10(2-3-10)7-12-9(15)13-8(14)6-11/h2-7H2,1H3,(H2,12,13,14,15). The van der Waals surface area contributed by atoms with Gasteiger partial charge in [-0.05, 0) is 24.7 Å². The Bertz CT molecular complexity index is 267. The summed E-state index contributed by atoms with van der Waals surface area (Å²) < 4.78 is 5.01. The Labute approximate surface area is 99.9 Å². The van der Waals surface area contributed by atoms with Crippen LogP contribution in [0, 0.1) is 5.41 Å². The monoisotopic (exact) mass is 248 g/mol. The van der Waals surface area contributed by atoms with Crippen LogP contribution in [0.4, 0.5) is 4.79 Å². The molecule has 0 aliphatic heterocycles. The molecule has 0 spiro atoms. The molecule has 0 radical (unpaired) electrons. The number of halogens is 1. The molecule has 0 atom stereocenters. The second kappa shape index (κ2) is 6.06. The third kappa shape index (κ3) is 4.37. The first-order valence-corrected chi connectivity index (χ1v) is 5.78. The van der Waals surface area contributed by atoms with Gasteiger partial charge in [-0.15, -0.1) is 11.6 Å². The van der Waals surface area contributed by atoms with Gasteiger partial charge in [0.25, 0.3) is 0 Å². The number of methoxy groups -OCH3 is 1. The number of rotatable bonds is 6. The third-order valence-electron chi connectivity index (χ3n) is 2.79. The van der Waals surface area contributed by atoms with Gasteiger partial charge in [0.1, 0.15) is 5.88 Å². The van der Waals surface area contributed by atoms with E-state index in [1.54, 1.807) is 7.11 Å². The van der Waals surface area contributed by atoms with Crippen LogP contribution < -0.4 is 10.6 Å². The van der Waals surface area contributed by atoms with Crippen molar-refractivity contribution in [2.75, 3.05) is 26.1 Å². The second-order valence-corrected chi connectivity index (χ2v) is 4.37. The largest absolute Gasteiger partial charge is 0.385 e. The predicted octanol–water partition coefficient (Wildman–Crippen LogP) is 0.868. The van der Waals surface area contributed by atoms with Crippen LogP contribution in [0.3, 0.4) is 0 Å². The lowest BCUT2D eigenvalue weighted by Gasteiger charge is -2.15. The molecule has 0 saturated heterocycles. The van der Waals surface area contributed by atoms with E-state index in [0.717, 1.165) is 19.3 Å². The average molecular weight is 249 g/mol. The predicted molar refractivity (Wildman–Crippen MR) is 60.4 cm³/mol. The molecule has 1 aliphatic rings. The van der Waals surface area contributed by atoms with Crippen LogP contribution in [-0.4, -0.2) is 38.1 Å². The summed E-state index contributed by atoms with van der Waals surface area (Å²) >= 11 is 5.26. The summed E-state index contributed by atoms with van der Waals surface area (Å²) in [5.41, 5.74) is 0.178. The second-order valence-electron chi connectivity index (χ2n) is 4.11. The normalized spacial score (nSPS) is 16.6. The number of nitrogens with one attached hydrogen (secondary N) is 2. The first-order chi connectivity index (χ1) is 7.62. The first-order valence-electron chi connectivity index (χ1n) is 5.24. The van der Waals surface area contributed by atoms with E-state index in [-0.39, 0.29) is 11.3 Å². The van der Waals surface area contributed by atoms with Gasteiger partial charge in [0.2, 0.25) is 5.91 Å². The van der Waals surface area contributed by atoms with E-state index >= 15 is 0 Å². The van der Waals surface area contributed by atoms with Crippen molar-refractivity contribution in [3.05, 3.63) is 0 Å². The molecule has 0 aromatic heterocycles. The van der Waals surface area contributed by atoms with Crippen LogP contribution in [0.1, 0.15) is 19.3 Å². The van der Waals surface area contributed by atoms with Gasteiger partial charge in [-0.1, -0.05) is 0 Å². The first kappa shape index (κ1) is 13.3. The summed E-state index contributed by atoms with van der Waals surface area (Å²) in [6.45, 7) is 1.28. The molecule has 2 N–H and O–H groups in total. The zero-order valence-electron chi connectivity index (χ0n) is 9.35. The lowest BCUT2D eigenvalue weighted by atomic mass is 10.0. The van der Waals surface area contributed by atoms with Crippen molar-refractivity contribution in [3.8, 4) is 0 Å². The number of hydrogen-bond acceptors (Lipinski definition) is 3. The van der Waals surface area contributed by atoms with Gasteiger partial charge in [0.15, 0.2) is 0 Å². The number of alkyl halides is 1. The van der Waals surface area contributed by atoms with Gasteiger partial charge >= 0.3 is 6.03 Å². The zero-order chi connectivity index (χ0) is 12.0. The highest BCUT2D eigenvalue weighted by Gasteiger charge is 2.42. The Hall–Kier alpha value is -0.810. The van der Waals surface area contributed by atoms with Crippen molar-refractivity contribution in [3.63, 3.8) is 0 Å². The molecule has 0 aromatic carbocycles. The van der Waals surface area contributed by atoms with Crippen LogP contribution in [-0.2, 0) is 9.53 Å². The average Bonchev–Trinajstić information content (AvgIpc) is 3.04. The maximum absolute atomic E-state index is 11.2. The number of ether oxygens (including phenoxy) is 1. The molecule has 1 fully saturated rings. The smallest absolute Gasteiger partial charge is 0.321 e. The molecule has 5 nitrogen and oxygen atoms in total. The SMILES string of the molecule is COCCC1(CNC(=O)NC(=O)CCl)CC1. The molecule has 0 bridgehead atoms. The van der Waals surface area contributed by atoms with E-state index < -0.39 is 11.9 Å². The summed E-state index contributed by atoms with van der Waals surface area (Å²) in [6.07, 6.45) is 3.13. The molecule has 0 heterocycles. The minimum Gasteiger partial charge on any atom is -0.385 e. The highest BCUT2D eigenvalue weighted by Crippen LogP contribution is 2.48. The lowest BCUT2D eigenvalue weighted by molar-refractivity contribution is -0.117. The van der Waals surface area contributed by atoms with Crippen molar-refractivity contribution in [2.24, 2.45) is 5.41 Å². The van der Waals surface area contributed by atoms with Gasteiger partial charge in [0, 0.05) is 20.3 Å². The van der Waals surface area contributed by atoms with Gasteiger partial charge in [-0.25, -0.2) is 4.79 Å². The number of amides is 3. The van der Waals surface area contributed by atoms with Crippen LogP contribution >= 0.6 is 11.6 Å². The third-order valence-corrected chi connectivity index (χ3v) is 3.03. The Kier molecular flexibility index (Phi) is 5.02. The number of carbonyl (C=O) groups is 2. The molecular weight excluding hydrogens is 232 g/mol. The van der Waals surface area contributed by atoms with Gasteiger partial charge in [0.05, 0.1) is 0 Å². The van der Waals surface area contributed by atoms with E-state index in [2.05, 4.69) is 10.6 Å². The molecule has 6 heteroatoms. The van der Waals surface area contributed by atoms with Crippen molar-refractivity contribution in [1.82, 2.24) is 10.6 Å². The minimum absolute atomic E-state index is 0.178. The van der Waals surface area contributed by atoms with E-state index in [9.17, 15) is 9.59 Å². The van der Waals surface area contributed by atoms with E-state index in [1.165, 1.54) is 0 Å². The van der Waals surface area contributed by atoms with Crippen molar-refractivity contribution in [2.45, 2.75) is 19.3 Å². The van der Waals surface area contributed by atoms with Crippen LogP contribution in [0.5, 0.6) is 0 Å². The number of imide groups is 1. The highest BCUT2D eigenvalue weighted by atomic mass is 35.5. The van der Waals surface area contributed by atoms with Crippen LogP contribution in [0.15, 0.2) is 0 Å². The minimum atomic E-state index is -0.485. The Morgan fingerprint density at radius 3 is 2.62 bits per heavy atom. The molecule has 0 unspecified atom stereocenters. The van der Waals surface area contributed by atoms with E-state index in [1.807, 2.05) is 0 Å². The molecule has 3 amide bonds. The molecule has 16 heavy (non-hydrogen) atoms. The number of carbonyl (C=O) groups excluding carboxylic acids is 2. The zero-order valence-corrected chi connectivity index (χ0v) is 10.1. The number of hydrogen-bond donors (Lipinski definition) is 2. The topological polar surface area (TPSA) is 67.4 Å². The van der Waals surface area contributed by atoms with Crippen molar-refractivity contribution in [1.29, 1.82) is 0 Å². The summed E-state index contributed by atoms with van der Waals surface area (Å²) in [4.78, 5) is 22.0. The van der Waals surface area contributed by atoms with Gasteiger partial charge < -0.3 is 10.1 Å². The van der Waals surface area contributed by atoms with Crippen molar-refractivity contribution < 1.29 is 14.3 Å². The molecule has 1 saturated carbocycles. The fraction of sp³-hybridized carbons (Fsp3) is 0.800. The Balaban J connectivity index is 2.18. The number of urea groups is 1. The Morgan fingerprint density at radius 2 is 2.12 bits per heavy atom. The molecular formula is C10H17ClN2O3. The van der Waals surface area contributed by atoms with E-state index in [0.29, 0.717) is 13.2 Å². The fourth-order valence-corrected chi connectivity index (χ4v) is 1.55. The maximum Gasteiger partial charge on any atom is 0.321 e. The van der Waals surface area contributed by atoms with Crippen LogP contribution in [0.25, 0.3) is 0 Å². The maximum atomic E-state index is 11.2. The molecule has 0 aromatic rings. The van der Waals surface area contributed by atoms with Gasteiger partial charge in [-0.3, -0.25) is 10.1 Å². The van der Waals surface area contributed by atoms with Crippen LogP contribution in [0.2, 0.25) is 0 Å². The molecule has 1 rings (SSSR count). The lowest BCUT2D eigenvalue weighted by Crippen LogP contribution is -2.42. The summed E-state index contributed by atoms with van der Waals surface area (Å²) in [5.74, 6) is -0.691. The summed E-state index contributed by atoms with van der Waals surface area (Å²) in [7, 11) is 1.66. The highest BCUT2D eigenvalue weighted by molar-refractivity contribution is 6.28. The van der Waals surface area contributed by atoms with Crippen molar-refractivity contribution >= 4 is 23.5 Å². The van der Waals surface area contributed by atoms with E-state index in [4.69, 9.17) is 16.3 Å². The molecule has 1 aliphatic carbocycles. The summed E-state index contributed by atoms with van der Waals surface area (Å²) in [6, 6.07) is -0.477. The summed E-state index contributed by atoms with van der Waals surface area (Å²) in [5, 5.41) is 4.81. The molecule has 92 valence electrons.